The van der Waals surface area contributed by atoms with Crippen LogP contribution in [0.4, 0.5) is 0 Å². The average molecular weight is 243 g/mol. The molecular weight excluding hydrogens is 228 g/mol. The van der Waals surface area contributed by atoms with Gasteiger partial charge in [-0.05, 0) is 29.5 Å². The molecule has 1 aromatic carbocycles. The van der Waals surface area contributed by atoms with Crippen molar-refractivity contribution < 1.29 is 5.11 Å². The lowest BCUT2D eigenvalue weighted by molar-refractivity contribution is 0.467. The van der Waals surface area contributed by atoms with Gasteiger partial charge in [-0.25, -0.2) is 0 Å². The third-order valence-corrected chi connectivity index (χ3v) is 3.73. The third kappa shape index (κ3) is 2.25. The zero-order valence-corrected chi connectivity index (χ0v) is 9.85. The molecule has 0 unspecified atom stereocenters. The summed E-state index contributed by atoms with van der Waals surface area (Å²) in [5.74, 6) is 0.381. The molecule has 0 saturated carbocycles. The van der Waals surface area contributed by atoms with Crippen molar-refractivity contribution >= 4 is 15.9 Å². The summed E-state index contributed by atoms with van der Waals surface area (Å²) in [5, 5.41) is 10.4. The van der Waals surface area contributed by atoms with Crippen molar-refractivity contribution in [2.75, 3.05) is 5.33 Å². The molecule has 0 aliphatic heterocycles. The minimum atomic E-state index is 0.0746. The highest BCUT2D eigenvalue weighted by molar-refractivity contribution is 9.09. The highest BCUT2D eigenvalue weighted by atomic mass is 79.9. The molecule has 1 nitrogen and oxygen atoms in total. The predicted molar refractivity (Wildman–Crippen MR) is 59.7 cm³/mol. The maximum absolute atomic E-state index is 9.54. The molecule has 0 aliphatic carbocycles. The number of phenols is 1. The van der Waals surface area contributed by atoms with Gasteiger partial charge >= 0.3 is 0 Å². The fourth-order valence-corrected chi connectivity index (χ4v) is 1.43. The first-order chi connectivity index (χ1) is 5.97. The van der Waals surface area contributed by atoms with E-state index in [2.05, 4.69) is 35.8 Å². The molecule has 0 fully saturated rings. The normalized spacial score (nSPS) is 11.7. The molecule has 1 aromatic rings. The van der Waals surface area contributed by atoms with Crippen LogP contribution in [0.15, 0.2) is 18.2 Å². The summed E-state index contributed by atoms with van der Waals surface area (Å²) in [7, 11) is 0. The van der Waals surface area contributed by atoms with Crippen molar-refractivity contribution in [2.24, 2.45) is 0 Å². The van der Waals surface area contributed by atoms with Crippen LogP contribution >= 0.6 is 15.9 Å². The summed E-state index contributed by atoms with van der Waals surface area (Å²) in [6.45, 7) is 6.19. The van der Waals surface area contributed by atoms with Crippen LogP contribution in [-0.4, -0.2) is 10.4 Å². The van der Waals surface area contributed by atoms with E-state index in [0.717, 1.165) is 16.5 Å². The van der Waals surface area contributed by atoms with Crippen LogP contribution in [0.5, 0.6) is 5.75 Å². The maximum Gasteiger partial charge on any atom is 0.118 e. The zero-order chi connectivity index (χ0) is 10.1. The summed E-state index contributed by atoms with van der Waals surface area (Å²) in [5.41, 5.74) is 2.16. The van der Waals surface area contributed by atoms with Crippen molar-refractivity contribution in [1.82, 2.24) is 0 Å². The first-order valence-electron chi connectivity index (χ1n) is 4.33. The van der Waals surface area contributed by atoms with Gasteiger partial charge in [0.05, 0.1) is 0 Å². The first-order valence-corrected chi connectivity index (χ1v) is 5.45. The van der Waals surface area contributed by atoms with E-state index >= 15 is 0 Å². The Labute approximate surface area is 87.9 Å². The second kappa shape index (κ2) is 3.70. The Morgan fingerprint density at radius 1 is 1.38 bits per heavy atom. The van der Waals surface area contributed by atoms with Gasteiger partial charge in [-0.3, -0.25) is 0 Å². The van der Waals surface area contributed by atoms with Crippen molar-refractivity contribution in [2.45, 2.75) is 26.2 Å². The number of alkyl halides is 1. The summed E-state index contributed by atoms with van der Waals surface area (Å²) < 4.78 is 0. The molecule has 0 aromatic heterocycles. The van der Waals surface area contributed by atoms with E-state index in [0.29, 0.717) is 5.75 Å². The number of rotatable bonds is 2. The quantitative estimate of drug-likeness (QED) is 0.789. The maximum atomic E-state index is 9.54. The van der Waals surface area contributed by atoms with Crippen LogP contribution in [0.2, 0.25) is 0 Å². The van der Waals surface area contributed by atoms with Crippen LogP contribution < -0.4 is 0 Å². The highest BCUT2D eigenvalue weighted by Gasteiger charge is 2.19. The lowest BCUT2D eigenvalue weighted by Gasteiger charge is -2.22. The number of hydrogen-bond acceptors (Lipinski definition) is 1. The number of aryl methyl sites for hydroxylation is 1. The SMILES string of the molecule is Cc1ccc(C(C)(C)CBr)cc1O. The van der Waals surface area contributed by atoms with Crippen molar-refractivity contribution in [3.63, 3.8) is 0 Å². The number of phenolic OH excluding ortho intramolecular Hbond substituents is 1. The molecule has 1 N–H and O–H groups in total. The fraction of sp³-hybridized carbons (Fsp3) is 0.455. The molecule has 0 atom stereocenters. The van der Waals surface area contributed by atoms with E-state index in [4.69, 9.17) is 0 Å². The Hall–Kier alpha value is -0.500. The van der Waals surface area contributed by atoms with Gasteiger partial charge in [0.1, 0.15) is 5.75 Å². The van der Waals surface area contributed by atoms with E-state index in [1.54, 1.807) is 0 Å². The molecule has 0 heterocycles. The first kappa shape index (κ1) is 10.6. The topological polar surface area (TPSA) is 20.2 Å². The van der Waals surface area contributed by atoms with E-state index in [1.165, 1.54) is 0 Å². The van der Waals surface area contributed by atoms with Crippen molar-refractivity contribution in [3.05, 3.63) is 29.3 Å². The van der Waals surface area contributed by atoms with Gasteiger partial charge in [0.25, 0.3) is 0 Å². The smallest absolute Gasteiger partial charge is 0.118 e. The Morgan fingerprint density at radius 3 is 2.46 bits per heavy atom. The van der Waals surface area contributed by atoms with E-state index in [1.807, 2.05) is 19.1 Å². The van der Waals surface area contributed by atoms with E-state index < -0.39 is 0 Å². The van der Waals surface area contributed by atoms with Gasteiger partial charge < -0.3 is 5.11 Å². The van der Waals surface area contributed by atoms with Crippen LogP contribution in [0.3, 0.4) is 0 Å². The highest BCUT2D eigenvalue weighted by Crippen LogP contribution is 2.29. The second-order valence-electron chi connectivity index (χ2n) is 4.02. The largest absolute Gasteiger partial charge is 0.508 e. The molecule has 0 spiro atoms. The van der Waals surface area contributed by atoms with Gasteiger partial charge in [0.2, 0.25) is 0 Å². The second-order valence-corrected chi connectivity index (χ2v) is 4.58. The Kier molecular flexibility index (Phi) is 3.01. The summed E-state index contributed by atoms with van der Waals surface area (Å²) in [6.07, 6.45) is 0. The zero-order valence-electron chi connectivity index (χ0n) is 8.26. The standard InChI is InChI=1S/C11H15BrO/c1-8-4-5-9(6-10(8)13)11(2,3)7-12/h4-6,13H,7H2,1-3H3. The number of benzene rings is 1. The molecule has 0 bridgehead atoms. The number of hydrogen-bond donors (Lipinski definition) is 1. The monoisotopic (exact) mass is 242 g/mol. The fourth-order valence-electron chi connectivity index (χ4n) is 1.11. The molecule has 2 heteroatoms. The number of halogens is 1. The Bertz CT molecular complexity index is 305. The predicted octanol–water partition coefficient (Wildman–Crippen LogP) is 3.37. The van der Waals surface area contributed by atoms with Crippen molar-refractivity contribution in [1.29, 1.82) is 0 Å². The van der Waals surface area contributed by atoms with Gasteiger partial charge in [0.15, 0.2) is 0 Å². The minimum absolute atomic E-state index is 0.0746. The van der Waals surface area contributed by atoms with Gasteiger partial charge in [-0.2, -0.15) is 0 Å². The molecule has 72 valence electrons. The van der Waals surface area contributed by atoms with Crippen LogP contribution in [0.25, 0.3) is 0 Å². The van der Waals surface area contributed by atoms with Gasteiger partial charge in [0, 0.05) is 5.33 Å². The summed E-state index contributed by atoms with van der Waals surface area (Å²) in [6, 6.07) is 5.86. The average Bonchev–Trinajstić information content (AvgIpc) is 2.09. The van der Waals surface area contributed by atoms with Gasteiger partial charge in [-0.15, -0.1) is 0 Å². The van der Waals surface area contributed by atoms with Crippen molar-refractivity contribution in [3.8, 4) is 5.75 Å². The Balaban J connectivity index is 3.10. The van der Waals surface area contributed by atoms with Crippen LogP contribution in [0.1, 0.15) is 25.0 Å². The van der Waals surface area contributed by atoms with E-state index in [-0.39, 0.29) is 5.41 Å². The molecule has 0 saturated heterocycles. The molecule has 0 radical (unpaired) electrons. The summed E-state index contributed by atoms with van der Waals surface area (Å²) in [4.78, 5) is 0. The Morgan fingerprint density at radius 2 is 2.00 bits per heavy atom. The van der Waals surface area contributed by atoms with Crippen LogP contribution in [-0.2, 0) is 5.41 Å². The molecule has 1 rings (SSSR count). The summed E-state index contributed by atoms with van der Waals surface area (Å²) >= 11 is 3.47. The molecule has 13 heavy (non-hydrogen) atoms. The van der Waals surface area contributed by atoms with Gasteiger partial charge in [-0.1, -0.05) is 41.9 Å². The molecule has 0 amide bonds. The lowest BCUT2D eigenvalue weighted by Crippen LogP contribution is -2.18. The minimum Gasteiger partial charge on any atom is -0.508 e. The number of aromatic hydroxyl groups is 1. The third-order valence-electron chi connectivity index (χ3n) is 2.32. The van der Waals surface area contributed by atoms with E-state index in [9.17, 15) is 5.11 Å². The lowest BCUT2D eigenvalue weighted by atomic mass is 9.86. The van der Waals surface area contributed by atoms with Crippen LogP contribution in [0, 0.1) is 6.92 Å². The molecular formula is C11H15BrO. The molecule has 0 aliphatic rings.